The fourth-order valence-electron chi connectivity index (χ4n) is 3.66. The van der Waals surface area contributed by atoms with Crippen LogP contribution in [-0.2, 0) is 6.54 Å². The minimum atomic E-state index is -0.272. The van der Waals surface area contributed by atoms with E-state index in [-0.39, 0.29) is 17.9 Å². The second-order valence-electron chi connectivity index (χ2n) is 7.84. The van der Waals surface area contributed by atoms with Crippen LogP contribution in [-0.4, -0.2) is 15.5 Å². The Kier molecular flexibility index (Phi) is 6.30. The molecule has 6 heteroatoms. The third-order valence-corrected chi connectivity index (χ3v) is 5.88. The van der Waals surface area contributed by atoms with E-state index < -0.39 is 0 Å². The lowest BCUT2D eigenvalue weighted by Gasteiger charge is -2.23. The number of imidazole rings is 1. The third kappa shape index (κ3) is 4.60. The van der Waals surface area contributed by atoms with Crippen molar-refractivity contribution in [3.8, 4) is 0 Å². The molecule has 0 aliphatic heterocycles. The zero-order chi connectivity index (χ0) is 22.0. The van der Waals surface area contributed by atoms with Crippen molar-refractivity contribution in [1.29, 1.82) is 0 Å². The first-order valence-corrected chi connectivity index (χ1v) is 10.9. The Morgan fingerprint density at radius 3 is 2.42 bits per heavy atom. The Morgan fingerprint density at radius 1 is 1.00 bits per heavy atom. The summed E-state index contributed by atoms with van der Waals surface area (Å²) in [6.07, 6.45) is 0. The number of rotatable bonds is 6. The maximum Gasteiger partial charge on any atom is 0.251 e. The summed E-state index contributed by atoms with van der Waals surface area (Å²) in [5, 5.41) is 4.38. The Labute approximate surface area is 191 Å². The first kappa shape index (κ1) is 21.4. The molecule has 0 aliphatic rings. The Balaban J connectivity index is 1.77. The molecule has 31 heavy (non-hydrogen) atoms. The molecule has 158 valence electrons. The zero-order valence-corrected chi connectivity index (χ0v) is 18.9. The smallest absolute Gasteiger partial charge is 0.251 e. The van der Waals surface area contributed by atoms with Crippen LogP contribution in [0.3, 0.4) is 0 Å². The lowest BCUT2D eigenvalue weighted by Crippen LogP contribution is -2.33. The topological polar surface area (TPSA) is 46.9 Å². The van der Waals surface area contributed by atoms with Crippen molar-refractivity contribution < 1.29 is 4.79 Å². The standard InChI is InChI=1S/C25H23Cl2N3O/c1-16(2)23(29-25(31)17-8-4-3-5-9-17)24-28-21-10-6-7-11-22(21)30(24)15-18-12-13-19(26)14-20(18)27/h3-14,16,23H,15H2,1-2H3,(H,29,31)/t23-/m0/s1. The van der Waals surface area contributed by atoms with Crippen LogP contribution >= 0.6 is 23.2 Å². The molecule has 1 atom stereocenters. The highest BCUT2D eigenvalue weighted by molar-refractivity contribution is 6.35. The molecule has 0 unspecified atom stereocenters. The van der Waals surface area contributed by atoms with Gasteiger partial charge in [-0.15, -0.1) is 0 Å². The molecule has 1 aromatic heterocycles. The molecule has 3 aromatic carbocycles. The van der Waals surface area contributed by atoms with Gasteiger partial charge in [0.15, 0.2) is 0 Å². The van der Waals surface area contributed by atoms with Gasteiger partial charge in [-0.05, 0) is 47.9 Å². The van der Waals surface area contributed by atoms with E-state index in [1.54, 1.807) is 6.07 Å². The molecule has 0 aliphatic carbocycles. The summed E-state index contributed by atoms with van der Waals surface area (Å²) >= 11 is 12.6. The molecule has 0 saturated carbocycles. The number of carbonyl (C=O) groups excluding carboxylic acids is 1. The Hall–Kier alpha value is -2.82. The molecule has 0 fully saturated rings. The second kappa shape index (κ2) is 9.13. The third-order valence-electron chi connectivity index (χ3n) is 5.30. The van der Waals surface area contributed by atoms with Crippen molar-refractivity contribution in [1.82, 2.24) is 14.9 Å². The average molecular weight is 452 g/mol. The largest absolute Gasteiger partial charge is 0.342 e. The molecular weight excluding hydrogens is 429 g/mol. The zero-order valence-electron chi connectivity index (χ0n) is 17.3. The van der Waals surface area contributed by atoms with Crippen LogP contribution in [0.5, 0.6) is 0 Å². The van der Waals surface area contributed by atoms with Crippen molar-refractivity contribution in [2.24, 2.45) is 5.92 Å². The van der Waals surface area contributed by atoms with Crippen LogP contribution < -0.4 is 5.32 Å². The molecule has 0 spiro atoms. The predicted molar refractivity (Wildman–Crippen MR) is 127 cm³/mol. The summed E-state index contributed by atoms with van der Waals surface area (Å²) in [5.74, 6) is 0.804. The van der Waals surface area contributed by atoms with E-state index in [1.807, 2.05) is 66.7 Å². The van der Waals surface area contributed by atoms with Gasteiger partial charge in [0.1, 0.15) is 5.82 Å². The van der Waals surface area contributed by atoms with E-state index in [4.69, 9.17) is 28.2 Å². The number of hydrogen-bond acceptors (Lipinski definition) is 2. The minimum absolute atomic E-state index is 0.123. The molecule has 4 aromatic rings. The van der Waals surface area contributed by atoms with Crippen molar-refractivity contribution in [3.63, 3.8) is 0 Å². The first-order chi connectivity index (χ1) is 14.9. The van der Waals surface area contributed by atoms with E-state index in [2.05, 4.69) is 23.7 Å². The van der Waals surface area contributed by atoms with Gasteiger partial charge in [-0.3, -0.25) is 4.79 Å². The summed E-state index contributed by atoms with van der Waals surface area (Å²) in [5.41, 5.74) is 3.43. The number of para-hydroxylation sites is 2. The average Bonchev–Trinajstić information content (AvgIpc) is 3.12. The van der Waals surface area contributed by atoms with E-state index in [1.165, 1.54) is 0 Å². The molecule has 1 N–H and O–H groups in total. The van der Waals surface area contributed by atoms with Crippen LogP contribution in [0.1, 0.15) is 41.6 Å². The lowest BCUT2D eigenvalue weighted by molar-refractivity contribution is 0.0922. The predicted octanol–water partition coefficient (Wildman–Crippen LogP) is 6.52. The van der Waals surface area contributed by atoms with Crippen LogP contribution in [0.15, 0.2) is 72.8 Å². The van der Waals surface area contributed by atoms with Gasteiger partial charge in [0.05, 0.1) is 23.6 Å². The molecule has 0 saturated heterocycles. The maximum absolute atomic E-state index is 12.9. The van der Waals surface area contributed by atoms with Gasteiger partial charge >= 0.3 is 0 Å². The van der Waals surface area contributed by atoms with E-state index in [9.17, 15) is 4.79 Å². The molecular formula is C25H23Cl2N3O. The fraction of sp³-hybridized carbons (Fsp3) is 0.200. The van der Waals surface area contributed by atoms with Gasteiger partial charge in [-0.1, -0.05) is 73.4 Å². The summed E-state index contributed by atoms with van der Waals surface area (Å²) in [6, 6.07) is 22.4. The van der Waals surface area contributed by atoms with Crippen molar-refractivity contribution in [2.75, 3.05) is 0 Å². The van der Waals surface area contributed by atoms with Crippen molar-refractivity contribution in [2.45, 2.75) is 26.4 Å². The van der Waals surface area contributed by atoms with E-state index in [0.717, 1.165) is 22.4 Å². The highest BCUT2D eigenvalue weighted by Crippen LogP contribution is 2.29. The number of nitrogens with zero attached hydrogens (tertiary/aromatic N) is 2. The van der Waals surface area contributed by atoms with Gasteiger partial charge in [-0.2, -0.15) is 0 Å². The number of benzene rings is 3. The molecule has 4 nitrogen and oxygen atoms in total. The first-order valence-electron chi connectivity index (χ1n) is 10.2. The lowest BCUT2D eigenvalue weighted by atomic mass is 10.0. The van der Waals surface area contributed by atoms with Crippen LogP contribution in [0.25, 0.3) is 11.0 Å². The van der Waals surface area contributed by atoms with Crippen molar-refractivity contribution in [3.05, 3.63) is 99.8 Å². The van der Waals surface area contributed by atoms with E-state index in [0.29, 0.717) is 22.2 Å². The normalized spacial score (nSPS) is 12.3. The van der Waals surface area contributed by atoms with Gasteiger partial charge in [0.25, 0.3) is 5.91 Å². The molecule has 0 bridgehead atoms. The van der Waals surface area contributed by atoms with Crippen LogP contribution in [0.4, 0.5) is 0 Å². The number of fused-ring (bicyclic) bond motifs is 1. The van der Waals surface area contributed by atoms with Crippen LogP contribution in [0, 0.1) is 5.92 Å². The number of halogens is 2. The summed E-state index contributed by atoms with van der Waals surface area (Å²) < 4.78 is 2.13. The molecule has 0 radical (unpaired) electrons. The van der Waals surface area contributed by atoms with Gasteiger partial charge in [0, 0.05) is 15.6 Å². The Morgan fingerprint density at radius 2 is 1.71 bits per heavy atom. The number of amides is 1. The monoisotopic (exact) mass is 451 g/mol. The summed E-state index contributed by atoms with van der Waals surface area (Å²) in [4.78, 5) is 17.8. The summed E-state index contributed by atoms with van der Waals surface area (Å²) in [7, 11) is 0. The highest BCUT2D eigenvalue weighted by atomic mass is 35.5. The molecule has 1 heterocycles. The number of carbonyl (C=O) groups is 1. The summed E-state index contributed by atoms with van der Waals surface area (Å²) in [6.45, 7) is 4.68. The molecule has 1 amide bonds. The maximum atomic E-state index is 12.9. The molecule has 4 rings (SSSR count). The fourth-order valence-corrected chi connectivity index (χ4v) is 4.13. The Bertz CT molecular complexity index is 1220. The number of hydrogen-bond donors (Lipinski definition) is 1. The van der Waals surface area contributed by atoms with Gasteiger partial charge in [-0.25, -0.2) is 4.98 Å². The second-order valence-corrected chi connectivity index (χ2v) is 8.69. The highest BCUT2D eigenvalue weighted by Gasteiger charge is 2.26. The van der Waals surface area contributed by atoms with Gasteiger partial charge in [0.2, 0.25) is 0 Å². The number of aromatic nitrogens is 2. The number of nitrogens with one attached hydrogen (secondary N) is 1. The van der Waals surface area contributed by atoms with Gasteiger partial charge < -0.3 is 9.88 Å². The SMILES string of the molecule is CC(C)[C@H](NC(=O)c1ccccc1)c1nc2ccccc2n1Cc1ccc(Cl)cc1Cl. The quantitative estimate of drug-likeness (QED) is 0.362. The van der Waals surface area contributed by atoms with Crippen LogP contribution in [0.2, 0.25) is 10.0 Å². The minimum Gasteiger partial charge on any atom is -0.342 e. The van der Waals surface area contributed by atoms with E-state index >= 15 is 0 Å². The van der Waals surface area contributed by atoms with Crippen molar-refractivity contribution >= 4 is 40.1 Å².